The van der Waals surface area contributed by atoms with Gasteiger partial charge in [0.15, 0.2) is 0 Å². The Labute approximate surface area is 133 Å². The number of hydrogen-bond donors (Lipinski definition) is 1. The van der Waals surface area contributed by atoms with Crippen LogP contribution >= 0.6 is 15.9 Å². The lowest BCUT2D eigenvalue weighted by molar-refractivity contribution is 0.0704. The smallest absolute Gasteiger partial charge is 0.273 e. The van der Waals surface area contributed by atoms with E-state index in [9.17, 15) is 13.2 Å². The molecule has 116 valence electrons. The molecule has 0 saturated carbocycles. The number of carbonyl (C=O) groups excluding carboxylic acids is 1. The predicted molar refractivity (Wildman–Crippen MR) is 83.5 cm³/mol. The zero-order valence-corrected chi connectivity index (χ0v) is 14.2. The zero-order chi connectivity index (χ0) is 15.5. The first kappa shape index (κ1) is 16.4. The summed E-state index contributed by atoms with van der Waals surface area (Å²) in [4.78, 5) is 18.2. The van der Waals surface area contributed by atoms with E-state index in [0.29, 0.717) is 36.1 Å². The van der Waals surface area contributed by atoms with Crippen molar-refractivity contribution in [1.82, 2.24) is 14.6 Å². The van der Waals surface area contributed by atoms with E-state index in [1.165, 1.54) is 0 Å². The number of amides is 1. The van der Waals surface area contributed by atoms with Gasteiger partial charge in [-0.25, -0.2) is 18.1 Å². The van der Waals surface area contributed by atoms with Crippen molar-refractivity contribution < 1.29 is 13.2 Å². The van der Waals surface area contributed by atoms with Crippen LogP contribution in [0.1, 0.15) is 30.3 Å². The molecule has 1 aliphatic rings. The number of rotatable bonds is 4. The van der Waals surface area contributed by atoms with E-state index < -0.39 is 10.0 Å². The summed E-state index contributed by atoms with van der Waals surface area (Å²) in [6.45, 7) is 2.66. The van der Waals surface area contributed by atoms with Gasteiger partial charge in [-0.15, -0.1) is 0 Å². The molecule has 0 aliphatic carbocycles. The second kappa shape index (κ2) is 6.85. The number of halogens is 1. The molecule has 1 aromatic rings. The summed E-state index contributed by atoms with van der Waals surface area (Å²) < 4.78 is 26.4. The molecule has 0 radical (unpaired) electrons. The number of carbonyl (C=O) groups is 1. The van der Waals surface area contributed by atoms with E-state index >= 15 is 0 Å². The van der Waals surface area contributed by atoms with E-state index in [0.717, 1.165) is 0 Å². The summed E-state index contributed by atoms with van der Waals surface area (Å²) in [5, 5.41) is 0. The van der Waals surface area contributed by atoms with Crippen LogP contribution in [-0.4, -0.2) is 49.1 Å². The maximum Gasteiger partial charge on any atom is 0.273 e. The molecule has 6 nitrogen and oxygen atoms in total. The summed E-state index contributed by atoms with van der Waals surface area (Å²) in [7, 11) is -3.19. The van der Waals surface area contributed by atoms with Crippen molar-refractivity contribution in [3.63, 3.8) is 0 Å². The highest BCUT2D eigenvalue weighted by molar-refractivity contribution is 9.10. The van der Waals surface area contributed by atoms with Gasteiger partial charge < -0.3 is 4.90 Å². The lowest BCUT2D eigenvalue weighted by Crippen LogP contribution is -2.47. The second-order valence-corrected chi connectivity index (χ2v) is 7.82. The average molecular weight is 376 g/mol. The molecule has 0 spiro atoms. The summed E-state index contributed by atoms with van der Waals surface area (Å²) in [6.07, 6.45) is 2.82. The van der Waals surface area contributed by atoms with Crippen LogP contribution in [0.15, 0.2) is 22.8 Å². The topological polar surface area (TPSA) is 79.4 Å². The molecule has 21 heavy (non-hydrogen) atoms. The molecule has 0 atom stereocenters. The Hall–Kier alpha value is -0.990. The Morgan fingerprint density at radius 1 is 1.48 bits per heavy atom. The first-order valence-electron chi connectivity index (χ1n) is 6.82. The minimum absolute atomic E-state index is 0.0764. The largest absolute Gasteiger partial charge is 0.337 e. The third-order valence-electron chi connectivity index (χ3n) is 3.47. The maximum absolute atomic E-state index is 12.4. The number of sulfonamides is 1. The SMILES string of the molecule is CCS(=O)(=O)NC1CCN(C(=O)c2ncccc2Br)CC1. The molecule has 1 aromatic heterocycles. The van der Waals surface area contributed by atoms with E-state index in [2.05, 4.69) is 25.6 Å². The average Bonchev–Trinajstić information content (AvgIpc) is 2.47. The van der Waals surface area contributed by atoms with Crippen LogP contribution in [0, 0.1) is 0 Å². The van der Waals surface area contributed by atoms with Gasteiger partial charge in [-0.1, -0.05) is 0 Å². The lowest BCUT2D eigenvalue weighted by atomic mass is 10.1. The van der Waals surface area contributed by atoms with Crippen LogP contribution in [0.25, 0.3) is 0 Å². The minimum Gasteiger partial charge on any atom is -0.337 e. The van der Waals surface area contributed by atoms with Gasteiger partial charge in [0.25, 0.3) is 5.91 Å². The zero-order valence-electron chi connectivity index (χ0n) is 11.8. The van der Waals surface area contributed by atoms with Gasteiger partial charge in [-0.3, -0.25) is 4.79 Å². The first-order chi connectivity index (χ1) is 9.93. The third kappa shape index (κ3) is 4.24. The highest BCUT2D eigenvalue weighted by Crippen LogP contribution is 2.18. The van der Waals surface area contributed by atoms with Crippen LogP contribution in [0.4, 0.5) is 0 Å². The van der Waals surface area contributed by atoms with Gasteiger partial charge in [-0.05, 0) is 47.8 Å². The quantitative estimate of drug-likeness (QED) is 0.861. The second-order valence-electron chi connectivity index (χ2n) is 4.92. The van der Waals surface area contributed by atoms with Gasteiger partial charge in [0.2, 0.25) is 10.0 Å². The molecule has 1 fully saturated rings. The molecular formula is C13H18BrN3O3S. The van der Waals surface area contributed by atoms with Crippen LogP contribution in [0.3, 0.4) is 0 Å². The lowest BCUT2D eigenvalue weighted by Gasteiger charge is -2.32. The van der Waals surface area contributed by atoms with Crippen LogP contribution in [-0.2, 0) is 10.0 Å². The van der Waals surface area contributed by atoms with Crippen molar-refractivity contribution in [3.05, 3.63) is 28.5 Å². The van der Waals surface area contributed by atoms with Crippen molar-refractivity contribution in [2.75, 3.05) is 18.8 Å². The Bertz CT molecular complexity index is 613. The molecule has 1 saturated heterocycles. The number of piperidine rings is 1. The van der Waals surface area contributed by atoms with Crippen LogP contribution in [0.5, 0.6) is 0 Å². The fourth-order valence-corrected chi connectivity index (χ4v) is 3.57. The molecule has 0 bridgehead atoms. The molecule has 1 amide bonds. The minimum atomic E-state index is -3.19. The summed E-state index contributed by atoms with van der Waals surface area (Å²) in [5.74, 6) is -0.0493. The highest BCUT2D eigenvalue weighted by Gasteiger charge is 2.27. The van der Waals surface area contributed by atoms with Gasteiger partial charge in [0, 0.05) is 29.8 Å². The molecule has 8 heteroatoms. The fraction of sp³-hybridized carbons (Fsp3) is 0.538. The van der Waals surface area contributed by atoms with E-state index in [-0.39, 0.29) is 17.7 Å². The Morgan fingerprint density at radius 2 is 2.14 bits per heavy atom. The van der Waals surface area contributed by atoms with E-state index in [1.807, 2.05) is 0 Å². The van der Waals surface area contributed by atoms with Crippen LogP contribution < -0.4 is 4.72 Å². The molecule has 0 aromatic carbocycles. The Balaban J connectivity index is 1.95. The van der Waals surface area contributed by atoms with Crippen molar-refractivity contribution in [3.8, 4) is 0 Å². The standard InChI is InChI=1S/C13H18BrN3O3S/c1-2-21(19,20)16-10-5-8-17(9-6-10)13(18)12-11(14)4-3-7-15-12/h3-4,7,10,16H,2,5-6,8-9H2,1H3. The number of nitrogens with zero attached hydrogens (tertiary/aromatic N) is 2. The summed E-state index contributed by atoms with van der Waals surface area (Å²) >= 11 is 3.32. The molecule has 0 unspecified atom stereocenters. The molecule has 1 aliphatic heterocycles. The highest BCUT2D eigenvalue weighted by atomic mass is 79.9. The number of aromatic nitrogens is 1. The molecule has 2 heterocycles. The van der Waals surface area contributed by atoms with Gasteiger partial charge in [-0.2, -0.15) is 0 Å². The molecular weight excluding hydrogens is 358 g/mol. The first-order valence-corrected chi connectivity index (χ1v) is 9.27. The Morgan fingerprint density at radius 3 is 2.71 bits per heavy atom. The summed E-state index contributed by atoms with van der Waals surface area (Å²) in [5.41, 5.74) is 0.394. The third-order valence-corrected chi connectivity index (χ3v) is 5.56. The molecule has 2 rings (SSSR count). The number of pyridine rings is 1. The van der Waals surface area contributed by atoms with Crippen molar-refractivity contribution in [2.24, 2.45) is 0 Å². The normalized spacial score (nSPS) is 17.0. The number of hydrogen-bond acceptors (Lipinski definition) is 4. The monoisotopic (exact) mass is 375 g/mol. The van der Waals surface area contributed by atoms with Crippen molar-refractivity contribution in [2.45, 2.75) is 25.8 Å². The van der Waals surface area contributed by atoms with Gasteiger partial charge >= 0.3 is 0 Å². The summed E-state index contributed by atoms with van der Waals surface area (Å²) in [6, 6.07) is 3.45. The van der Waals surface area contributed by atoms with E-state index in [1.54, 1.807) is 30.2 Å². The Kier molecular flexibility index (Phi) is 5.34. The molecule has 1 N–H and O–H groups in total. The van der Waals surface area contributed by atoms with Crippen molar-refractivity contribution >= 4 is 31.9 Å². The predicted octanol–water partition coefficient (Wildman–Crippen LogP) is 1.39. The van der Waals surface area contributed by atoms with Gasteiger partial charge in [0.1, 0.15) is 5.69 Å². The van der Waals surface area contributed by atoms with E-state index in [4.69, 9.17) is 0 Å². The van der Waals surface area contributed by atoms with Crippen LogP contribution in [0.2, 0.25) is 0 Å². The van der Waals surface area contributed by atoms with Gasteiger partial charge in [0.05, 0.1) is 5.75 Å². The van der Waals surface area contributed by atoms with Crippen molar-refractivity contribution in [1.29, 1.82) is 0 Å². The maximum atomic E-state index is 12.4. The number of nitrogens with one attached hydrogen (secondary N) is 1. The number of likely N-dealkylation sites (tertiary alicyclic amines) is 1. The fourth-order valence-electron chi connectivity index (χ4n) is 2.23.